The van der Waals surface area contributed by atoms with Crippen LogP contribution in [0.1, 0.15) is 31.2 Å². The average Bonchev–Trinajstić information content (AvgIpc) is 2.35. The molecule has 0 aliphatic heterocycles. The predicted molar refractivity (Wildman–Crippen MR) is 82.2 cm³/mol. The fourth-order valence-electron chi connectivity index (χ4n) is 1.85. The molecule has 0 fully saturated rings. The zero-order valence-corrected chi connectivity index (χ0v) is 13.3. The molecule has 1 N–H and O–H groups in total. The standard InChI is InChI=1S/C14H27N5/c1-10(2)12-16-13(15-4)11(3)14(17-12)19(7)9-8-18(5)6/h10H,8-9H2,1-7H3,(H,15,16,17). The van der Waals surface area contributed by atoms with E-state index in [2.05, 4.69) is 62.0 Å². The van der Waals surface area contributed by atoms with Crippen molar-refractivity contribution in [3.63, 3.8) is 0 Å². The van der Waals surface area contributed by atoms with E-state index in [1.807, 2.05) is 7.05 Å². The largest absolute Gasteiger partial charge is 0.373 e. The number of likely N-dealkylation sites (N-methyl/N-ethyl adjacent to an activating group) is 2. The molecule has 0 aliphatic rings. The number of anilines is 2. The lowest BCUT2D eigenvalue weighted by Gasteiger charge is -2.24. The molecule has 0 aliphatic carbocycles. The summed E-state index contributed by atoms with van der Waals surface area (Å²) in [4.78, 5) is 13.7. The van der Waals surface area contributed by atoms with Gasteiger partial charge in [0.05, 0.1) is 0 Å². The first-order valence-electron chi connectivity index (χ1n) is 6.79. The van der Waals surface area contributed by atoms with Crippen LogP contribution in [-0.2, 0) is 0 Å². The second kappa shape index (κ2) is 6.70. The van der Waals surface area contributed by atoms with E-state index in [0.717, 1.165) is 36.1 Å². The van der Waals surface area contributed by atoms with Crippen LogP contribution in [0.3, 0.4) is 0 Å². The summed E-state index contributed by atoms with van der Waals surface area (Å²) in [5.74, 6) is 3.16. The molecular formula is C14H27N5. The molecule has 108 valence electrons. The Labute approximate surface area is 117 Å². The Morgan fingerprint density at radius 3 is 2.21 bits per heavy atom. The van der Waals surface area contributed by atoms with Crippen molar-refractivity contribution >= 4 is 11.6 Å². The van der Waals surface area contributed by atoms with Crippen LogP contribution in [0, 0.1) is 6.92 Å². The van der Waals surface area contributed by atoms with E-state index in [1.165, 1.54) is 0 Å². The van der Waals surface area contributed by atoms with E-state index in [1.54, 1.807) is 0 Å². The summed E-state index contributed by atoms with van der Waals surface area (Å²) in [6, 6.07) is 0. The smallest absolute Gasteiger partial charge is 0.137 e. The van der Waals surface area contributed by atoms with Crippen LogP contribution in [0.4, 0.5) is 11.6 Å². The van der Waals surface area contributed by atoms with Crippen LogP contribution >= 0.6 is 0 Å². The highest BCUT2D eigenvalue weighted by atomic mass is 15.2. The van der Waals surface area contributed by atoms with E-state index in [-0.39, 0.29) is 0 Å². The van der Waals surface area contributed by atoms with Crippen molar-refractivity contribution in [2.45, 2.75) is 26.7 Å². The number of aromatic nitrogens is 2. The number of hydrogen-bond acceptors (Lipinski definition) is 5. The van der Waals surface area contributed by atoms with Crippen molar-refractivity contribution in [2.75, 3.05) is 51.5 Å². The number of nitrogens with zero attached hydrogens (tertiary/aromatic N) is 4. The van der Waals surface area contributed by atoms with Crippen molar-refractivity contribution in [2.24, 2.45) is 0 Å². The third-order valence-corrected chi connectivity index (χ3v) is 3.13. The molecule has 1 aromatic heterocycles. The van der Waals surface area contributed by atoms with E-state index in [0.29, 0.717) is 5.92 Å². The molecule has 0 unspecified atom stereocenters. The molecule has 5 heteroatoms. The van der Waals surface area contributed by atoms with Crippen LogP contribution < -0.4 is 10.2 Å². The van der Waals surface area contributed by atoms with Gasteiger partial charge < -0.3 is 15.1 Å². The lowest BCUT2D eigenvalue weighted by molar-refractivity contribution is 0.416. The minimum absolute atomic E-state index is 0.327. The third-order valence-electron chi connectivity index (χ3n) is 3.13. The summed E-state index contributed by atoms with van der Waals surface area (Å²) in [6.45, 7) is 8.26. The Balaban J connectivity index is 3.07. The monoisotopic (exact) mass is 265 g/mol. The van der Waals surface area contributed by atoms with E-state index < -0.39 is 0 Å². The summed E-state index contributed by atoms with van der Waals surface area (Å²) in [6.07, 6.45) is 0. The highest BCUT2D eigenvalue weighted by molar-refractivity contribution is 5.58. The molecule has 0 aromatic carbocycles. The summed E-state index contributed by atoms with van der Waals surface area (Å²) in [5.41, 5.74) is 1.10. The van der Waals surface area contributed by atoms with Gasteiger partial charge >= 0.3 is 0 Å². The topological polar surface area (TPSA) is 44.3 Å². The van der Waals surface area contributed by atoms with Crippen molar-refractivity contribution in [1.82, 2.24) is 14.9 Å². The van der Waals surface area contributed by atoms with Gasteiger partial charge in [-0.2, -0.15) is 0 Å². The van der Waals surface area contributed by atoms with Crippen LogP contribution in [0.5, 0.6) is 0 Å². The molecule has 5 nitrogen and oxygen atoms in total. The molecular weight excluding hydrogens is 238 g/mol. The normalized spacial score (nSPS) is 11.2. The van der Waals surface area contributed by atoms with Gasteiger partial charge in [-0.05, 0) is 21.0 Å². The lowest BCUT2D eigenvalue weighted by atomic mass is 10.2. The average molecular weight is 265 g/mol. The fraction of sp³-hybridized carbons (Fsp3) is 0.714. The maximum absolute atomic E-state index is 4.71. The SMILES string of the molecule is CNc1nc(C(C)C)nc(N(C)CCN(C)C)c1C. The second-order valence-electron chi connectivity index (χ2n) is 5.51. The van der Waals surface area contributed by atoms with Crippen LogP contribution in [0.2, 0.25) is 0 Å². The zero-order chi connectivity index (χ0) is 14.6. The first-order chi connectivity index (χ1) is 8.86. The van der Waals surface area contributed by atoms with Gasteiger partial charge in [-0.1, -0.05) is 13.8 Å². The molecule has 1 heterocycles. The Bertz CT molecular complexity index is 415. The molecule has 0 saturated carbocycles. The Kier molecular flexibility index (Phi) is 5.54. The molecule has 0 bridgehead atoms. The molecule has 1 aromatic rings. The van der Waals surface area contributed by atoms with Gasteiger partial charge in [-0.25, -0.2) is 9.97 Å². The highest BCUT2D eigenvalue weighted by Gasteiger charge is 2.15. The van der Waals surface area contributed by atoms with Gasteiger partial charge in [0.2, 0.25) is 0 Å². The van der Waals surface area contributed by atoms with Crippen LogP contribution in [0.25, 0.3) is 0 Å². The maximum Gasteiger partial charge on any atom is 0.137 e. The number of hydrogen-bond donors (Lipinski definition) is 1. The van der Waals surface area contributed by atoms with Gasteiger partial charge in [-0.15, -0.1) is 0 Å². The van der Waals surface area contributed by atoms with Gasteiger partial charge in [0, 0.05) is 38.7 Å². The maximum atomic E-state index is 4.71. The minimum atomic E-state index is 0.327. The number of rotatable bonds is 6. The van der Waals surface area contributed by atoms with Gasteiger partial charge in [0.15, 0.2) is 0 Å². The van der Waals surface area contributed by atoms with E-state index in [4.69, 9.17) is 4.98 Å². The molecule has 0 radical (unpaired) electrons. The quantitative estimate of drug-likeness (QED) is 0.851. The summed E-state index contributed by atoms with van der Waals surface area (Å²) < 4.78 is 0. The highest BCUT2D eigenvalue weighted by Crippen LogP contribution is 2.24. The molecule has 0 atom stereocenters. The molecule has 1 rings (SSSR count). The zero-order valence-electron chi connectivity index (χ0n) is 13.3. The lowest BCUT2D eigenvalue weighted by Crippen LogP contribution is -2.30. The predicted octanol–water partition coefficient (Wildman–Crippen LogP) is 1.95. The first-order valence-corrected chi connectivity index (χ1v) is 6.79. The van der Waals surface area contributed by atoms with Gasteiger partial charge in [0.25, 0.3) is 0 Å². The first kappa shape index (κ1) is 15.7. The van der Waals surface area contributed by atoms with Crippen molar-refractivity contribution < 1.29 is 0 Å². The van der Waals surface area contributed by atoms with Crippen LogP contribution in [0.15, 0.2) is 0 Å². The molecule has 19 heavy (non-hydrogen) atoms. The van der Waals surface area contributed by atoms with Crippen molar-refractivity contribution in [3.8, 4) is 0 Å². The van der Waals surface area contributed by atoms with Crippen molar-refractivity contribution in [3.05, 3.63) is 11.4 Å². The van der Waals surface area contributed by atoms with E-state index in [9.17, 15) is 0 Å². The van der Waals surface area contributed by atoms with Crippen LogP contribution in [-0.4, -0.2) is 56.1 Å². The van der Waals surface area contributed by atoms with Gasteiger partial charge in [-0.3, -0.25) is 0 Å². The Morgan fingerprint density at radius 1 is 1.11 bits per heavy atom. The molecule has 0 amide bonds. The number of nitrogens with one attached hydrogen (secondary N) is 1. The Morgan fingerprint density at radius 2 is 1.74 bits per heavy atom. The summed E-state index contributed by atoms with van der Waals surface area (Å²) in [5, 5.41) is 3.16. The van der Waals surface area contributed by atoms with Crippen molar-refractivity contribution in [1.29, 1.82) is 0 Å². The third kappa shape index (κ3) is 4.06. The second-order valence-corrected chi connectivity index (χ2v) is 5.51. The van der Waals surface area contributed by atoms with E-state index >= 15 is 0 Å². The fourth-order valence-corrected chi connectivity index (χ4v) is 1.85. The minimum Gasteiger partial charge on any atom is -0.373 e. The molecule has 0 saturated heterocycles. The Hall–Kier alpha value is -1.36. The molecule has 0 spiro atoms. The summed E-state index contributed by atoms with van der Waals surface area (Å²) in [7, 11) is 8.16. The van der Waals surface area contributed by atoms with Gasteiger partial charge in [0.1, 0.15) is 17.5 Å². The summed E-state index contributed by atoms with van der Waals surface area (Å²) >= 11 is 0.